The van der Waals surface area contributed by atoms with Gasteiger partial charge in [-0.05, 0) is 45.6 Å². The molecule has 7 heteroatoms. The van der Waals surface area contributed by atoms with Crippen LogP contribution in [0.5, 0.6) is 11.5 Å². The molecule has 0 fully saturated rings. The largest absolute Gasteiger partial charge is 0.493 e. The van der Waals surface area contributed by atoms with Crippen LogP contribution in [0.15, 0.2) is 35.1 Å². The van der Waals surface area contributed by atoms with E-state index in [0.29, 0.717) is 30.6 Å². The van der Waals surface area contributed by atoms with Crippen molar-refractivity contribution in [3.63, 3.8) is 0 Å². The highest BCUT2D eigenvalue weighted by Gasteiger charge is 2.14. The Morgan fingerprint density at radius 1 is 1.15 bits per heavy atom. The fraction of sp³-hybridized carbons (Fsp3) is 0.550. The minimum atomic E-state index is -0.569. The summed E-state index contributed by atoms with van der Waals surface area (Å²) in [5.74, 6) is 1.29. The first-order valence-electron chi connectivity index (χ1n) is 9.14. The zero-order valence-electron chi connectivity index (χ0n) is 16.9. The molecule has 2 aromatic rings. The summed E-state index contributed by atoms with van der Waals surface area (Å²) in [7, 11) is 5.62. The molecule has 0 spiro atoms. The van der Waals surface area contributed by atoms with Crippen LogP contribution in [0.2, 0.25) is 0 Å². The molecule has 7 nitrogen and oxygen atoms in total. The summed E-state index contributed by atoms with van der Waals surface area (Å²) in [5, 5.41) is 14.2. The monoisotopic (exact) mass is 377 g/mol. The Labute approximate surface area is 161 Å². The van der Waals surface area contributed by atoms with Crippen LogP contribution >= 0.6 is 0 Å². The van der Waals surface area contributed by atoms with Crippen molar-refractivity contribution in [1.82, 2.24) is 15.0 Å². The maximum absolute atomic E-state index is 10.2. The summed E-state index contributed by atoms with van der Waals surface area (Å²) in [6, 6.07) is 8.08. The first kappa shape index (κ1) is 21.2. The van der Waals surface area contributed by atoms with E-state index in [0.717, 1.165) is 17.8 Å². The van der Waals surface area contributed by atoms with Crippen molar-refractivity contribution in [3.8, 4) is 11.5 Å². The zero-order valence-corrected chi connectivity index (χ0v) is 16.9. The molecule has 0 saturated carbocycles. The van der Waals surface area contributed by atoms with Gasteiger partial charge in [-0.1, -0.05) is 11.2 Å². The van der Waals surface area contributed by atoms with Gasteiger partial charge in [0.15, 0.2) is 11.5 Å². The Morgan fingerprint density at radius 3 is 2.56 bits per heavy atom. The third-order valence-corrected chi connectivity index (χ3v) is 4.42. The topological polar surface area (TPSA) is 71.2 Å². The summed E-state index contributed by atoms with van der Waals surface area (Å²) in [5.41, 5.74) is 1.98. The Morgan fingerprint density at radius 2 is 1.93 bits per heavy atom. The summed E-state index contributed by atoms with van der Waals surface area (Å²) in [6.07, 6.45) is 1.01. The number of hydrogen-bond acceptors (Lipinski definition) is 7. The molecule has 0 aliphatic rings. The molecule has 150 valence electrons. The quantitative estimate of drug-likeness (QED) is 0.645. The van der Waals surface area contributed by atoms with Crippen LogP contribution in [0.3, 0.4) is 0 Å². The molecule has 0 amide bonds. The fourth-order valence-corrected chi connectivity index (χ4v) is 2.68. The Bertz CT molecular complexity index is 676. The molecule has 0 aliphatic heterocycles. The second-order valence-electron chi connectivity index (χ2n) is 7.15. The predicted octanol–water partition coefficient (Wildman–Crippen LogP) is 2.40. The van der Waals surface area contributed by atoms with E-state index in [-0.39, 0.29) is 6.61 Å². The molecule has 2 rings (SSSR count). The molecule has 1 N–H and O–H groups in total. The van der Waals surface area contributed by atoms with Crippen molar-refractivity contribution < 1.29 is 19.1 Å². The van der Waals surface area contributed by atoms with E-state index in [2.05, 4.69) is 28.8 Å². The third-order valence-electron chi connectivity index (χ3n) is 4.42. The minimum absolute atomic E-state index is 0.214. The zero-order chi connectivity index (χ0) is 19.8. The molecular weight excluding hydrogens is 346 g/mol. The van der Waals surface area contributed by atoms with E-state index >= 15 is 0 Å². The molecule has 0 aliphatic carbocycles. The lowest BCUT2D eigenvalue weighted by molar-refractivity contribution is 0.0668. The third kappa shape index (κ3) is 6.86. The first-order chi connectivity index (χ1) is 12.9. The molecule has 0 unspecified atom stereocenters. The van der Waals surface area contributed by atoms with E-state index < -0.39 is 6.10 Å². The van der Waals surface area contributed by atoms with Gasteiger partial charge in [0.05, 0.1) is 12.8 Å². The summed E-state index contributed by atoms with van der Waals surface area (Å²) >= 11 is 0. The van der Waals surface area contributed by atoms with Gasteiger partial charge in [0.1, 0.15) is 19.0 Å². The van der Waals surface area contributed by atoms with Gasteiger partial charge in [-0.2, -0.15) is 0 Å². The smallest absolute Gasteiger partial charge is 0.161 e. The average molecular weight is 377 g/mol. The summed E-state index contributed by atoms with van der Waals surface area (Å²) in [6.45, 7) is 6.38. The van der Waals surface area contributed by atoms with Crippen LogP contribution in [0.4, 0.5) is 0 Å². The molecule has 1 aromatic carbocycles. The van der Waals surface area contributed by atoms with Gasteiger partial charge in [0.25, 0.3) is 0 Å². The average Bonchev–Trinajstić information content (AvgIpc) is 3.12. The molecule has 0 bridgehead atoms. The van der Waals surface area contributed by atoms with Gasteiger partial charge in [-0.3, -0.25) is 4.90 Å². The van der Waals surface area contributed by atoms with Crippen LogP contribution in [0.25, 0.3) is 0 Å². The highest BCUT2D eigenvalue weighted by molar-refractivity contribution is 5.43. The van der Waals surface area contributed by atoms with Gasteiger partial charge in [0, 0.05) is 31.7 Å². The molecule has 0 radical (unpaired) electrons. The van der Waals surface area contributed by atoms with Crippen molar-refractivity contribution in [1.29, 1.82) is 0 Å². The van der Waals surface area contributed by atoms with Crippen LogP contribution in [0, 0.1) is 0 Å². The van der Waals surface area contributed by atoms with Crippen molar-refractivity contribution in [2.75, 3.05) is 34.4 Å². The molecule has 1 aromatic heterocycles. The number of hydrogen-bond donors (Lipinski definition) is 1. The van der Waals surface area contributed by atoms with Crippen LogP contribution < -0.4 is 9.47 Å². The molecule has 1 heterocycles. The second-order valence-corrected chi connectivity index (χ2v) is 7.15. The van der Waals surface area contributed by atoms with Gasteiger partial charge >= 0.3 is 0 Å². The lowest BCUT2D eigenvalue weighted by Crippen LogP contribution is -2.37. The maximum Gasteiger partial charge on any atom is 0.161 e. The Kier molecular flexibility index (Phi) is 8.09. The molecule has 1 atom stereocenters. The standard InChI is InChI=1S/C20H31N3O4/c1-15(2)23(4)13-18(24)14-26-20-10-16(6-7-19(20)25-5)11-22(3)12-17-8-9-27-21-17/h6-10,15,18,24H,11-14H2,1-5H3/t18-/m1/s1. The van der Waals surface area contributed by atoms with Crippen molar-refractivity contribution in [3.05, 3.63) is 41.8 Å². The van der Waals surface area contributed by atoms with E-state index in [4.69, 9.17) is 14.0 Å². The normalized spacial score (nSPS) is 12.8. The lowest BCUT2D eigenvalue weighted by atomic mass is 10.2. The van der Waals surface area contributed by atoms with E-state index in [1.807, 2.05) is 38.4 Å². The summed E-state index contributed by atoms with van der Waals surface area (Å²) in [4.78, 5) is 4.22. The van der Waals surface area contributed by atoms with E-state index in [1.165, 1.54) is 0 Å². The number of aliphatic hydroxyl groups is 1. The minimum Gasteiger partial charge on any atom is -0.493 e. The van der Waals surface area contributed by atoms with Crippen molar-refractivity contribution in [2.45, 2.75) is 39.1 Å². The van der Waals surface area contributed by atoms with Crippen LogP contribution in [-0.4, -0.2) is 66.6 Å². The van der Waals surface area contributed by atoms with Crippen molar-refractivity contribution >= 4 is 0 Å². The van der Waals surface area contributed by atoms with Crippen molar-refractivity contribution in [2.24, 2.45) is 0 Å². The van der Waals surface area contributed by atoms with Gasteiger partial charge in [0.2, 0.25) is 0 Å². The SMILES string of the molecule is COc1ccc(CN(C)Cc2ccon2)cc1OC[C@H](O)CN(C)C(C)C. The molecule has 27 heavy (non-hydrogen) atoms. The number of rotatable bonds is 11. The number of benzene rings is 1. The number of aliphatic hydroxyl groups excluding tert-OH is 1. The number of aromatic nitrogens is 1. The Balaban J connectivity index is 1.95. The summed E-state index contributed by atoms with van der Waals surface area (Å²) < 4.78 is 16.1. The van der Waals surface area contributed by atoms with E-state index in [9.17, 15) is 5.11 Å². The van der Waals surface area contributed by atoms with Gasteiger partial charge in [-0.25, -0.2) is 0 Å². The van der Waals surface area contributed by atoms with Gasteiger partial charge < -0.3 is 24.0 Å². The highest BCUT2D eigenvalue weighted by Crippen LogP contribution is 2.28. The first-order valence-corrected chi connectivity index (χ1v) is 9.14. The van der Waals surface area contributed by atoms with Crippen LogP contribution in [0.1, 0.15) is 25.1 Å². The second kappa shape index (κ2) is 10.3. The highest BCUT2D eigenvalue weighted by atomic mass is 16.5. The molecular formula is C20H31N3O4. The Hall–Kier alpha value is -2.09. The number of methoxy groups -OCH3 is 1. The maximum atomic E-state index is 10.2. The van der Waals surface area contributed by atoms with E-state index in [1.54, 1.807) is 13.4 Å². The predicted molar refractivity (Wildman–Crippen MR) is 104 cm³/mol. The van der Waals surface area contributed by atoms with Gasteiger partial charge in [-0.15, -0.1) is 0 Å². The number of ether oxygens (including phenoxy) is 2. The fourth-order valence-electron chi connectivity index (χ4n) is 2.68. The molecule has 0 saturated heterocycles. The van der Waals surface area contributed by atoms with Crippen LogP contribution in [-0.2, 0) is 13.1 Å². The number of likely N-dealkylation sites (N-methyl/N-ethyl adjacent to an activating group) is 1. The lowest BCUT2D eigenvalue weighted by Gasteiger charge is -2.24. The number of nitrogens with zero attached hydrogens (tertiary/aromatic N) is 3.